The summed E-state index contributed by atoms with van der Waals surface area (Å²) in [4.78, 5) is 31.2. The number of pyridine rings is 1. The van der Waals surface area contributed by atoms with Gasteiger partial charge in [-0.25, -0.2) is 15.3 Å². The van der Waals surface area contributed by atoms with Gasteiger partial charge in [0.2, 0.25) is 5.95 Å². The van der Waals surface area contributed by atoms with Gasteiger partial charge in [0.15, 0.2) is 0 Å². The molecule has 1 aromatic carbocycles. The Bertz CT molecular complexity index is 885. The van der Waals surface area contributed by atoms with Crippen molar-refractivity contribution in [2.24, 2.45) is 0 Å². The van der Waals surface area contributed by atoms with E-state index in [1.807, 2.05) is 24.3 Å². The van der Waals surface area contributed by atoms with Crippen molar-refractivity contribution in [2.75, 3.05) is 31.1 Å². The summed E-state index contributed by atoms with van der Waals surface area (Å²) in [5, 5.41) is 20.8. The lowest BCUT2D eigenvalue weighted by atomic mass is 10.1. The number of halogens is 1. The molecule has 0 radical (unpaired) electrons. The van der Waals surface area contributed by atoms with Crippen LogP contribution in [0.1, 0.15) is 6.92 Å². The Morgan fingerprint density at radius 2 is 1.77 bits per heavy atom. The predicted molar refractivity (Wildman–Crippen MR) is 107 cm³/mol. The molecule has 9 nitrogen and oxygen atoms in total. The van der Waals surface area contributed by atoms with E-state index in [4.69, 9.17) is 5.21 Å². The van der Waals surface area contributed by atoms with Gasteiger partial charge in [-0.1, -0.05) is 12.1 Å². The maximum absolute atomic E-state index is 13.3. The SMILES string of the molecule is C[C@@H](O)[C@H](NC(=O)N1CCN(c2ccc(-c3ccnc(F)c3)cc2)CC1)C(=O)NO. The van der Waals surface area contributed by atoms with Crippen LogP contribution >= 0.6 is 0 Å². The summed E-state index contributed by atoms with van der Waals surface area (Å²) in [5.41, 5.74) is 4.04. The van der Waals surface area contributed by atoms with Crippen molar-refractivity contribution in [1.82, 2.24) is 20.7 Å². The second kappa shape index (κ2) is 9.51. The Balaban J connectivity index is 1.57. The molecule has 2 atom stereocenters. The molecule has 160 valence electrons. The Labute approximate surface area is 173 Å². The molecular formula is C20H24FN5O4. The number of hydrogen-bond acceptors (Lipinski definition) is 6. The number of benzene rings is 1. The van der Waals surface area contributed by atoms with Crippen molar-refractivity contribution in [2.45, 2.75) is 19.1 Å². The molecule has 0 spiro atoms. The molecule has 1 aliphatic heterocycles. The van der Waals surface area contributed by atoms with E-state index in [1.165, 1.54) is 24.7 Å². The average molecular weight is 417 g/mol. The molecule has 0 aliphatic carbocycles. The zero-order valence-corrected chi connectivity index (χ0v) is 16.5. The van der Waals surface area contributed by atoms with Crippen LogP contribution in [0.25, 0.3) is 11.1 Å². The molecule has 1 aliphatic rings. The molecule has 0 unspecified atom stereocenters. The van der Waals surface area contributed by atoms with Crippen LogP contribution in [0.15, 0.2) is 42.6 Å². The molecule has 2 heterocycles. The van der Waals surface area contributed by atoms with Crippen LogP contribution in [0, 0.1) is 5.95 Å². The number of carbonyl (C=O) groups is 2. The first-order chi connectivity index (χ1) is 14.4. The minimum Gasteiger partial charge on any atom is -0.391 e. The van der Waals surface area contributed by atoms with E-state index in [-0.39, 0.29) is 0 Å². The Hall–Kier alpha value is -3.24. The molecule has 0 bridgehead atoms. The number of hydrogen-bond donors (Lipinski definition) is 4. The monoisotopic (exact) mass is 417 g/mol. The summed E-state index contributed by atoms with van der Waals surface area (Å²) in [6, 6.07) is 9.09. The van der Waals surface area contributed by atoms with E-state index in [2.05, 4.69) is 15.2 Å². The number of rotatable bonds is 5. The Morgan fingerprint density at radius 3 is 2.33 bits per heavy atom. The largest absolute Gasteiger partial charge is 0.391 e. The van der Waals surface area contributed by atoms with Gasteiger partial charge in [-0.15, -0.1) is 0 Å². The normalized spacial score (nSPS) is 16.0. The van der Waals surface area contributed by atoms with E-state index in [1.54, 1.807) is 11.0 Å². The number of carbonyl (C=O) groups excluding carboxylic acids is 2. The topological polar surface area (TPSA) is 118 Å². The van der Waals surface area contributed by atoms with Crippen LogP contribution in [0.4, 0.5) is 14.9 Å². The highest BCUT2D eigenvalue weighted by molar-refractivity contribution is 5.87. The third-order valence-corrected chi connectivity index (χ3v) is 5.01. The van der Waals surface area contributed by atoms with Crippen LogP contribution in [-0.2, 0) is 4.79 Å². The molecule has 1 saturated heterocycles. The number of aliphatic hydroxyl groups excluding tert-OH is 1. The van der Waals surface area contributed by atoms with Gasteiger partial charge >= 0.3 is 6.03 Å². The van der Waals surface area contributed by atoms with E-state index < -0.39 is 30.0 Å². The molecule has 1 fully saturated rings. The molecular weight excluding hydrogens is 393 g/mol. The van der Waals surface area contributed by atoms with Gasteiger partial charge in [0.05, 0.1) is 6.10 Å². The minimum absolute atomic E-state index is 0.427. The van der Waals surface area contributed by atoms with Crippen LogP contribution in [0.3, 0.4) is 0 Å². The van der Waals surface area contributed by atoms with Gasteiger partial charge in [-0.05, 0) is 36.2 Å². The second-order valence-corrected chi connectivity index (χ2v) is 7.03. The zero-order valence-electron chi connectivity index (χ0n) is 16.5. The van der Waals surface area contributed by atoms with Crippen molar-refractivity contribution in [3.63, 3.8) is 0 Å². The first-order valence-corrected chi connectivity index (χ1v) is 9.53. The van der Waals surface area contributed by atoms with E-state index in [9.17, 15) is 19.1 Å². The van der Waals surface area contributed by atoms with Crippen molar-refractivity contribution in [3.05, 3.63) is 48.5 Å². The molecule has 1 aromatic heterocycles. The lowest BCUT2D eigenvalue weighted by Gasteiger charge is -2.36. The van der Waals surface area contributed by atoms with Crippen molar-refractivity contribution in [3.8, 4) is 11.1 Å². The molecule has 30 heavy (non-hydrogen) atoms. The van der Waals surface area contributed by atoms with Gasteiger partial charge in [0.25, 0.3) is 5.91 Å². The number of hydroxylamine groups is 1. The van der Waals surface area contributed by atoms with E-state index >= 15 is 0 Å². The maximum atomic E-state index is 13.3. The van der Waals surface area contributed by atoms with Crippen LogP contribution in [-0.4, -0.2) is 70.5 Å². The molecule has 3 amide bonds. The number of aliphatic hydroxyl groups is 1. The van der Waals surface area contributed by atoms with Crippen molar-refractivity contribution >= 4 is 17.6 Å². The summed E-state index contributed by atoms with van der Waals surface area (Å²) in [6.07, 6.45) is 0.268. The molecule has 10 heteroatoms. The average Bonchev–Trinajstić information content (AvgIpc) is 2.77. The van der Waals surface area contributed by atoms with Crippen molar-refractivity contribution in [1.29, 1.82) is 0 Å². The lowest BCUT2D eigenvalue weighted by Crippen LogP contribution is -2.58. The number of aromatic nitrogens is 1. The summed E-state index contributed by atoms with van der Waals surface area (Å²) < 4.78 is 13.3. The third-order valence-electron chi connectivity index (χ3n) is 5.01. The van der Waals surface area contributed by atoms with Gasteiger partial charge in [0.1, 0.15) is 6.04 Å². The van der Waals surface area contributed by atoms with Crippen molar-refractivity contribution < 1.29 is 24.3 Å². The zero-order chi connectivity index (χ0) is 21.7. The first-order valence-electron chi connectivity index (χ1n) is 9.53. The number of anilines is 1. The predicted octanol–water partition coefficient (Wildman–Crippen LogP) is 0.974. The van der Waals surface area contributed by atoms with E-state index in [0.717, 1.165) is 16.8 Å². The van der Waals surface area contributed by atoms with Gasteiger partial charge in [-0.2, -0.15) is 4.39 Å². The highest BCUT2D eigenvalue weighted by Gasteiger charge is 2.29. The van der Waals surface area contributed by atoms with Crippen LogP contribution < -0.4 is 15.7 Å². The molecule has 0 saturated carbocycles. The Morgan fingerprint density at radius 1 is 1.10 bits per heavy atom. The summed E-state index contributed by atoms with van der Waals surface area (Å²) in [6.45, 7) is 3.37. The minimum atomic E-state index is -1.24. The highest BCUT2D eigenvalue weighted by Crippen LogP contribution is 2.24. The van der Waals surface area contributed by atoms with Crippen LogP contribution in [0.5, 0.6) is 0 Å². The van der Waals surface area contributed by atoms with E-state index in [0.29, 0.717) is 26.2 Å². The fourth-order valence-electron chi connectivity index (χ4n) is 3.31. The maximum Gasteiger partial charge on any atom is 0.318 e. The van der Waals surface area contributed by atoms with Crippen LogP contribution in [0.2, 0.25) is 0 Å². The molecule has 4 N–H and O–H groups in total. The first kappa shape index (κ1) is 21.5. The molecule has 2 aromatic rings. The summed E-state index contributed by atoms with van der Waals surface area (Å²) >= 11 is 0. The lowest BCUT2D eigenvalue weighted by molar-refractivity contribution is -0.133. The van der Waals surface area contributed by atoms with Gasteiger partial charge < -0.3 is 20.2 Å². The number of amides is 3. The quantitative estimate of drug-likeness (QED) is 0.327. The number of piperazine rings is 1. The fourth-order valence-corrected chi connectivity index (χ4v) is 3.31. The smallest absolute Gasteiger partial charge is 0.318 e. The number of nitrogens with zero attached hydrogens (tertiary/aromatic N) is 3. The molecule has 3 rings (SSSR count). The summed E-state index contributed by atoms with van der Waals surface area (Å²) in [5.74, 6) is -1.41. The highest BCUT2D eigenvalue weighted by atomic mass is 19.1. The number of nitrogens with one attached hydrogen (secondary N) is 2. The number of urea groups is 1. The fraction of sp³-hybridized carbons (Fsp3) is 0.350. The Kier molecular flexibility index (Phi) is 6.80. The standard InChI is InChI=1S/C20H24FN5O4/c1-13(27)18(19(28)24-30)23-20(29)26-10-8-25(9-11-26)16-4-2-14(3-5-16)15-6-7-22-17(21)12-15/h2-7,12-13,18,27,30H,8-11H2,1H3,(H,23,29)(H,24,28)/t13-,18+/m1/s1. The van der Waals surface area contributed by atoms with Gasteiger partial charge in [0, 0.05) is 44.1 Å². The second-order valence-electron chi connectivity index (χ2n) is 7.03. The summed E-state index contributed by atoms with van der Waals surface area (Å²) in [7, 11) is 0. The van der Waals surface area contributed by atoms with Gasteiger partial charge in [-0.3, -0.25) is 10.0 Å². The third kappa shape index (κ3) is 5.02.